The summed E-state index contributed by atoms with van der Waals surface area (Å²) in [5.41, 5.74) is 0. The molecule has 0 spiro atoms. The van der Waals surface area contributed by atoms with Crippen molar-refractivity contribution in [3.8, 4) is 0 Å². The first-order valence-corrected chi connectivity index (χ1v) is 1.70. The molecule has 0 radical (unpaired) electrons. The molecule has 0 aromatic carbocycles. The number of rotatable bonds is 0. The van der Waals surface area contributed by atoms with Crippen molar-refractivity contribution in [1.82, 2.24) is 9.97 Å². The van der Waals surface area contributed by atoms with Crippen molar-refractivity contribution in [2.75, 3.05) is 0 Å². The summed E-state index contributed by atoms with van der Waals surface area (Å²) < 4.78 is 0. The van der Waals surface area contributed by atoms with Crippen LogP contribution in [-0.4, -0.2) is 18.4 Å². The third kappa shape index (κ3) is 10.0. The monoisotopic (exact) mass is 148 g/mol. The van der Waals surface area contributed by atoms with Gasteiger partial charge in [-0.05, 0) is 0 Å². The van der Waals surface area contributed by atoms with Gasteiger partial charge in [-0.25, -0.2) is 0 Å². The Bertz CT molecular complexity index is 90.4. The molecule has 0 N–H and O–H groups in total. The normalized spacial score (nSPS) is 4.80. The van der Waals surface area contributed by atoms with Gasteiger partial charge in [0.1, 0.15) is 0 Å². The first kappa shape index (κ1) is 23.1. The van der Waals surface area contributed by atoms with Gasteiger partial charge in [0.25, 0.3) is 0 Å². The van der Waals surface area contributed by atoms with Crippen LogP contribution in [0.4, 0.5) is 0 Å². The summed E-state index contributed by atoms with van der Waals surface area (Å²) >= 11 is 0. The van der Waals surface area contributed by atoms with E-state index in [1.54, 1.807) is 24.8 Å². The maximum absolute atomic E-state index is 3.72. The van der Waals surface area contributed by atoms with Gasteiger partial charge in [0.2, 0.25) is 0 Å². The van der Waals surface area contributed by atoms with E-state index in [2.05, 4.69) is 9.97 Å². The molecule has 0 aliphatic heterocycles. The molecule has 54 valence electrons. The second-order valence-electron chi connectivity index (χ2n) is 0.894. The van der Waals surface area contributed by atoms with E-state index in [0.717, 1.165) is 0 Å². The zero-order valence-electron chi connectivity index (χ0n) is 4.92. The van der Waals surface area contributed by atoms with Crippen LogP contribution in [0.1, 0.15) is 0 Å². The van der Waals surface area contributed by atoms with Crippen LogP contribution >= 0.6 is 0 Å². The van der Waals surface area contributed by atoms with Crippen molar-refractivity contribution in [2.24, 2.45) is 0 Å². The maximum Gasteiger partial charge on any atom is 3.00 e. The van der Waals surface area contributed by atoms with Crippen LogP contribution in [0.15, 0.2) is 24.8 Å². The Labute approximate surface area is 58.4 Å². The molecule has 6 heteroatoms. The summed E-state index contributed by atoms with van der Waals surface area (Å²) in [6.07, 6.45) is 6.56. The van der Waals surface area contributed by atoms with Crippen LogP contribution in [0.2, 0.25) is 0 Å². The summed E-state index contributed by atoms with van der Waals surface area (Å²) in [5.74, 6) is 0. The fraction of sp³-hybridized carbons (Fsp3) is 0. The van der Waals surface area contributed by atoms with Crippen LogP contribution < -0.4 is 14.1 Å². The Hall–Kier alpha value is -1.07. The van der Waals surface area contributed by atoms with E-state index >= 15 is 0 Å². The number of hydrogen-bond donors (Lipinski definition) is 0. The fourth-order valence-corrected chi connectivity index (χ4v) is 0.253. The topological polar surface area (TPSA) is 25.8 Å². The zero-order chi connectivity index (χ0) is 4.24. The van der Waals surface area contributed by atoms with E-state index in [1.165, 1.54) is 0 Å². The Morgan fingerprint density at radius 1 is 0.600 bits per heavy atom. The Kier molecular flexibility index (Phi) is 36.2. The predicted octanol–water partition coefficient (Wildman–Crippen LogP) is -8.89. The molecule has 1 aromatic heterocycles. The minimum absolute atomic E-state index is 0. The van der Waals surface area contributed by atoms with E-state index in [4.69, 9.17) is 0 Å². The van der Waals surface area contributed by atoms with Crippen LogP contribution in [0.25, 0.3) is 0 Å². The van der Waals surface area contributed by atoms with Gasteiger partial charge in [-0.2, -0.15) is 0 Å². The van der Waals surface area contributed by atoms with Gasteiger partial charge in [0.05, 0.1) is 0 Å². The molecule has 0 saturated heterocycles. The Balaban J connectivity index is -0.0000000450. The maximum atomic E-state index is 3.72. The minimum atomic E-state index is 0. The molecule has 0 amide bonds. The van der Waals surface area contributed by atoms with Gasteiger partial charge >= 0.3 is 8.41 Å². The molecule has 0 atom stereocenters. The largest absolute Gasteiger partial charge is 3.00 e. The van der Waals surface area contributed by atoms with Gasteiger partial charge in [-0.1, -0.05) is 0 Å². The van der Waals surface area contributed by atoms with E-state index in [-0.39, 0.29) is 22.5 Å². The number of hydrogen-bond acceptors (Lipinski definition) is 2. The first-order valence-electron chi connectivity index (χ1n) is 1.70. The molecule has 1 heterocycles. The smallest absolute Gasteiger partial charge is 1.00 e. The molecule has 0 aliphatic rings. The minimum Gasteiger partial charge on any atom is -1.00 e. The van der Waals surface area contributed by atoms with Crippen LogP contribution in [0.5, 0.6) is 0 Å². The number of halogens is 3. The second kappa shape index (κ2) is 15.7. The van der Waals surface area contributed by atoms with Gasteiger partial charge in [0, 0.05) is 24.8 Å². The van der Waals surface area contributed by atoms with E-state index in [0.29, 0.717) is 0 Å². The van der Waals surface area contributed by atoms with Crippen LogP contribution in [0.3, 0.4) is 0 Å². The van der Waals surface area contributed by atoms with E-state index < -0.39 is 0 Å². The second-order valence-corrected chi connectivity index (χ2v) is 0.894. The number of nitrogens with zero attached hydrogens (tertiary/aromatic N) is 2. The molecule has 0 aliphatic carbocycles. The SMILES string of the molecule is [B+3].[F-].[F-].[F-].c1cnccn1. The number of aromatic nitrogens is 2. The predicted molar refractivity (Wildman–Crippen MR) is 27.8 cm³/mol. The zero-order valence-corrected chi connectivity index (χ0v) is 4.92. The van der Waals surface area contributed by atoms with Crippen LogP contribution in [-0.2, 0) is 0 Å². The van der Waals surface area contributed by atoms with Gasteiger partial charge < -0.3 is 14.1 Å². The molecule has 1 aromatic rings. The Morgan fingerprint density at radius 2 is 0.800 bits per heavy atom. The van der Waals surface area contributed by atoms with Gasteiger partial charge in [0.15, 0.2) is 0 Å². The summed E-state index contributed by atoms with van der Waals surface area (Å²) in [5, 5.41) is 0. The van der Waals surface area contributed by atoms with Crippen LogP contribution in [0, 0.1) is 0 Å². The van der Waals surface area contributed by atoms with Crippen molar-refractivity contribution in [3.05, 3.63) is 24.8 Å². The standard InChI is InChI=1S/C4H4N2.B.3FH/c1-2-6-4-3-5-1;;;;/h1-4H;;3*1H/q;+3;;;/p-3. The summed E-state index contributed by atoms with van der Waals surface area (Å²) in [4.78, 5) is 7.44. The molecule has 1 rings (SSSR count). The summed E-state index contributed by atoms with van der Waals surface area (Å²) in [6, 6.07) is 0. The average molecular weight is 148 g/mol. The van der Waals surface area contributed by atoms with Crippen molar-refractivity contribution >= 4 is 8.41 Å². The van der Waals surface area contributed by atoms with Crippen molar-refractivity contribution in [2.45, 2.75) is 0 Å². The van der Waals surface area contributed by atoms with Crippen molar-refractivity contribution in [3.63, 3.8) is 0 Å². The van der Waals surface area contributed by atoms with E-state index in [1.807, 2.05) is 0 Å². The third-order valence-corrected chi connectivity index (χ3v) is 0.478. The molecule has 10 heavy (non-hydrogen) atoms. The average Bonchev–Trinajstić information content (AvgIpc) is 1.72. The van der Waals surface area contributed by atoms with Gasteiger partial charge in [-0.3, -0.25) is 9.97 Å². The summed E-state index contributed by atoms with van der Waals surface area (Å²) in [7, 11) is 0. The molecular weight excluding hydrogens is 144 g/mol. The third-order valence-electron chi connectivity index (χ3n) is 0.478. The van der Waals surface area contributed by atoms with Crippen molar-refractivity contribution < 1.29 is 14.1 Å². The Morgan fingerprint density at radius 3 is 0.900 bits per heavy atom. The fourth-order valence-electron chi connectivity index (χ4n) is 0.253. The van der Waals surface area contributed by atoms with E-state index in [9.17, 15) is 0 Å². The molecule has 0 bridgehead atoms. The van der Waals surface area contributed by atoms with Gasteiger partial charge in [-0.15, -0.1) is 0 Å². The molecule has 0 fully saturated rings. The molecular formula is C4H4BF3N2. The first-order chi connectivity index (χ1) is 3.00. The summed E-state index contributed by atoms with van der Waals surface area (Å²) in [6.45, 7) is 0. The molecule has 0 saturated carbocycles. The van der Waals surface area contributed by atoms with Crippen molar-refractivity contribution in [1.29, 1.82) is 0 Å². The molecule has 2 nitrogen and oxygen atoms in total. The molecule has 0 unspecified atom stereocenters. The quantitative estimate of drug-likeness (QED) is 0.341.